The molecule has 0 aromatic carbocycles. The highest BCUT2D eigenvalue weighted by Gasteiger charge is 2.37. The molecule has 1 fully saturated rings. The molecule has 0 bridgehead atoms. The Bertz CT molecular complexity index is 311. The number of esters is 1. The van der Waals surface area contributed by atoms with Gasteiger partial charge in [-0.05, 0) is 53.9 Å². The molecule has 0 aromatic rings. The third-order valence-electron chi connectivity index (χ3n) is 4.00. The van der Waals surface area contributed by atoms with Crippen molar-refractivity contribution in [2.45, 2.75) is 45.7 Å². The van der Waals surface area contributed by atoms with Crippen molar-refractivity contribution >= 4 is 5.97 Å². The van der Waals surface area contributed by atoms with E-state index < -0.39 is 5.54 Å². The first-order valence-corrected chi connectivity index (χ1v) is 7.77. The topological polar surface area (TPSA) is 44.8 Å². The highest BCUT2D eigenvalue weighted by molar-refractivity contribution is 5.80. The lowest BCUT2D eigenvalue weighted by atomic mass is 10.0. The van der Waals surface area contributed by atoms with Crippen LogP contribution in [-0.4, -0.2) is 73.7 Å². The monoisotopic (exact) mass is 285 g/mol. The van der Waals surface area contributed by atoms with Crippen LogP contribution in [0.15, 0.2) is 0 Å². The van der Waals surface area contributed by atoms with Crippen LogP contribution in [0, 0.1) is 0 Å². The second-order valence-electron chi connectivity index (χ2n) is 6.02. The zero-order valence-electron chi connectivity index (χ0n) is 13.7. The lowest BCUT2D eigenvalue weighted by Gasteiger charge is -2.36. The van der Waals surface area contributed by atoms with E-state index in [9.17, 15) is 4.79 Å². The number of hydrogen-bond donors (Lipinski definition) is 1. The summed E-state index contributed by atoms with van der Waals surface area (Å²) >= 11 is 0. The number of nitrogens with zero attached hydrogens (tertiary/aromatic N) is 2. The van der Waals surface area contributed by atoms with Crippen LogP contribution in [0.3, 0.4) is 0 Å². The standard InChI is InChI=1S/C15H31N3O2/c1-6-16-15(4,14(19)20-7-2)12-18-10-8-9-17(5)11-13(18)3/h13,16H,6-12H2,1-5H3. The molecule has 0 spiro atoms. The quantitative estimate of drug-likeness (QED) is 0.736. The van der Waals surface area contributed by atoms with E-state index in [1.165, 1.54) is 0 Å². The lowest BCUT2D eigenvalue weighted by molar-refractivity contribution is -0.151. The van der Waals surface area contributed by atoms with Crippen LogP contribution in [0.2, 0.25) is 0 Å². The zero-order chi connectivity index (χ0) is 15.2. The molecular formula is C15H31N3O2. The molecule has 0 aliphatic carbocycles. The average Bonchev–Trinajstić information content (AvgIpc) is 2.52. The molecule has 5 nitrogen and oxygen atoms in total. The van der Waals surface area contributed by atoms with Crippen molar-refractivity contribution in [2.75, 3.05) is 46.4 Å². The first-order chi connectivity index (χ1) is 9.42. The predicted octanol–water partition coefficient (Wildman–Crippen LogP) is 0.944. The van der Waals surface area contributed by atoms with Crippen molar-refractivity contribution < 1.29 is 9.53 Å². The molecule has 2 unspecified atom stereocenters. The molecule has 1 N–H and O–H groups in total. The van der Waals surface area contributed by atoms with Gasteiger partial charge in [0.15, 0.2) is 0 Å². The largest absolute Gasteiger partial charge is 0.465 e. The van der Waals surface area contributed by atoms with Crippen molar-refractivity contribution in [1.82, 2.24) is 15.1 Å². The summed E-state index contributed by atoms with van der Waals surface area (Å²) < 4.78 is 5.25. The molecule has 1 saturated heterocycles. The molecule has 0 aromatic heterocycles. The Morgan fingerprint density at radius 3 is 2.70 bits per heavy atom. The fourth-order valence-electron chi connectivity index (χ4n) is 2.94. The Balaban J connectivity index is 2.75. The maximum Gasteiger partial charge on any atom is 0.327 e. The van der Waals surface area contributed by atoms with Gasteiger partial charge in [0.2, 0.25) is 0 Å². The second-order valence-corrected chi connectivity index (χ2v) is 6.02. The van der Waals surface area contributed by atoms with Gasteiger partial charge >= 0.3 is 5.97 Å². The van der Waals surface area contributed by atoms with E-state index in [2.05, 4.69) is 29.1 Å². The maximum atomic E-state index is 12.3. The van der Waals surface area contributed by atoms with Gasteiger partial charge in [0, 0.05) is 19.1 Å². The summed E-state index contributed by atoms with van der Waals surface area (Å²) in [5.41, 5.74) is -0.623. The van der Waals surface area contributed by atoms with Crippen LogP contribution in [0.5, 0.6) is 0 Å². The van der Waals surface area contributed by atoms with Crippen LogP contribution >= 0.6 is 0 Å². The minimum absolute atomic E-state index is 0.147. The fourth-order valence-corrected chi connectivity index (χ4v) is 2.94. The molecular weight excluding hydrogens is 254 g/mol. The number of carbonyl (C=O) groups excluding carboxylic acids is 1. The molecule has 2 atom stereocenters. The molecule has 0 radical (unpaired) electrons. The van der Waals surface area contributed by atoms with Gasteiger partial charge in [-0.15, -0.1) is 0 Å². The number of nitrogens with one attached hydrogen (secondary N) is 1. The van der Waals surface area contributed by atoms with E-state index in [1.807, 2.05) is 20.8 Å². The number of hydrogen-bond acceptors (Lipinski definition) is 5. The SMILES string of the molecule is CCNC(C)(CN1CCCN(C)CC1C)C(=O)OCC. The number of ether oxygens (including phenoxy) is 1. The van der Waals surface area contributed by atoms with Crippen molar-refractivity contribution in [2.24, 2.45) is 0 Å². The minimum Gasteiger partial charge on any atom is -0.465 e. The normalized spacial score (nSPS) is 24.9. The van der Waals surface area contributed by atoms with Gasteiger partial charge in [-0.25, -0.2) is 0 Å². The maximum absolute atomic E-state index is 12.3. The summed E-state index contributed by atoms with van der Waals surface area (Å²) in [4.78, 5) is 17.0. The van der Waals surface area contributed by atoms with E-state index in [0.29, 0.717) is 19.2 Å². The predicted molar refractivity (Wildman–Crippen MR) is 81.9 cm³/mol. The molecule has 118 valence electrons. The summed E-state index contributed by atoms with van der Waals surface area (Å²) in [5, 5.41) is 3.31. The van der Waals surface area contributed by atoms with E-state index >= 15 is 0 Å². The Morgan fingerprint density at radius 1 is 1.40 bits per heavy atom. The van der Waals surface area contributed by atoms with Gasteiger partial charge in [-0.3, -0.25) is 9.69 Å². The third-order valence-corrected chi connectivity index (χ3v) is 4.00. The van der Waals surface area contributed by atoms with Crippen LogP contribution in [-0.2, 0) is 9.53 Å². The smallest absolute Gasteiger partial charge is 0.327 e. The van der Waals surface area contributed by atoms with E-state index in [-0.39, 0.29) is 5.97 Å². The zero-order valence-corrected chi connectivity index (χ0v) is 13.7. The minimum atomic E-state index is -0.623. The first kappa shape index (κ1) is 17.4. The van der Waals surface area contributed by atoms with Gasteiger partial charge in [0.05, 0.1) is 6.61 Å². The van der Waals surface area contributed by atoms with Gasteiger partial charge in [0.25, 0.3) is 0 Å². The Morgan fingerprint density at radius 2 is 2.10 bits per heavy atom. The molecule has 20 heavy (non-hydrogen) atoms. The van der Waals surface area contributed by atoms with Crippen molar-refractivity contribution in [1.29, 1.82) is 0 Å². The molecule has 1 rings (SSSR count). The first-order valence-electron chi connectivity index (χ1n) is 7.77. The molecule has 1 aliphatic heterocycles. The third kappa shape index (κ3) is 4.72. The van der Waals surface area contributed by atoms with Crippen molar-refractivity contribution in [3.05, 3.63) is 0 Å². The van der Waals surface area contributed by atoms with E-state index in [4.69, 9.17) is 4.74 Å². The van der Waals surface area contributed by atoms with Crippen LogP contribution in [0.25, 0.3) is 0 Å². The van der Waals surface area contributed by atoms with Gasteiger partial charge in [-0.1, -0.05) is 6.92 Å². The summed E-state index contributed by atoms with van der Waals surface area (Å²) in [6.45, 7) is 13.2. The Kier molecular flexibility index (Phi) is 6.92. The second kappa shape index (κ2) is 7.96. The van der Waals surface area contributed by atoms with Crippen molar-refractivity contribution in [3.63, 3.8) is 0 Å². The van der Waals surface area contributed by atoms with Crippen LogP contribution in [0.1, 0.15) is 34.1 Å². The number of carbonyl (C=O) groups is 1. The van der Waals surface area contributed by atoms with E-state index in [0.717, 1.165) is 32.6 Å². The van der Waals surface area contributed by atoms with Gasteiger partial charge in [-0.2, -0.15) is 0 Å². The summed E-state index contributed by atoms with van der Waals surface area (Å²) in [6, 6.07) is 0.454. The summed E-state index contributed by atoms with van der Waals surface area (Å²) in [6.07, 6.45) is 1.14. The highest BCUT2D eigenvalue weighted by Crippen LogP contribution is 2.15. The summed E-state index contributed by atoms with van der Waals surface area (Å²) in [7, 11) is 2.16. The molecule has 1 aliphatic rings. The average molecular weight is 285 g/mol. The number of likely N-dealkylation sites (N-methyl/N-ethyl adjacent to an activating group) is 2. The van der Waals surface area contributed by atoms with Crippen molar-refractivity contribution in [3.8, 4) is 0 Å². The lowest BCUT2D eigenvalue weighted by Crippen LogP contribution is -2.59. The Hall–Kier alpha value is -0.650. The van der Waals surface area contributed by atoms with E-state index in [1.54, 1.807) is 0 Å². The van der Waals surface area contributed by atoms with Gasteiger partial charge < -0.3 is 15.0 Å². The fraction of sp³-hybridized carbons (Fsp3) is 0.933. The van der Waals surface area contributed by atoms with Gasteiger partial charge in [0.1, 0.15) is 5.54 Å². The Labute approximate surface area is 123 Å². The summed E-state index contributed by atoms with van der Waals surface area (Å²) in [5.74, 6) is -0.147. The highest BCUT2D eigenvalue weighted by atomic mass is 16.5. The van der Waals surface area contributed by atoms with Crippen LogP contribution in [0.4, 0.5) is 0 Å². The molecule has 0 saturated carbocycles. The number of rotatable bonds is 6. The van der Waals surface area contributed by atoms with Crippen LogP contribution < -0.4 is 5.32 Å². The molecule has 5 heteroatoms. The molecule has 1 heterocycles. The molecule has 0 amide bonds.